The van der Waals surface area contributed by atoms with Gasteiger partial charge in [-0.25, -0.2) is 4.79 Å². The van der Waals surface area contributed by atoms with Crippen LogP contribution in [-0.2, 0) is 4.79 Å². The van der Waals surface area contributed by atoms with Crippen LogP contribution in [0.25, 0.3) is 0 Å². The van der Waals surface area contributed by atoms with Gasteiger partial charge in [0, 0.05) is 5.92 Å². The number of nitrogens with two attached hydrogens (primary N) is 1. The summed E-state index contributed by atoms with van der Waals surface area (Å²) < 4.78 is 0. The molecule has 1 aliphatic rings. The van der Waals surface area contributed by atoms with E-state index in [1.807, 2.05) is 0 Å². The van der Waals surface area contributed by atoms with E-state index in [1.54, 1.807) is 0 Å². The van der Waals surface area contributed by atoms with Crippen molar-refractivity contribution in [1.82, 2.24) is 0 Å². The van der Waals surface area contributed by atoms with Crippen molar-refractivity contribution < 1.29 is 14.7 Å². The van der Waals surface area contributed by atoms with Gasteiger partial charge in [0.25, 0.3) is 0 Å². The number of nitrogens with one attached hydrogen (secondary N) is 1. The molecule has 5 nitrogen and oxygen atoms in total. The molecule has 2 unspecified atom stereocenters. The lowest BCUT2D eigenvalue weighted by atomic mass is 9.95. The monoisotopic (exact) mass is 296 g/mol. The Labute approximate surface area is 122 Å². The number of carboxylic acid groups (broad SMARTS) is 1. The van der Waals surface area contributed by atoms with Crippen LogP contribution in [0.4, 0.5) is 5.69 Å². The highest BCUT2D eigenvalue weighted by Crippen LogP contribution is 2.32. The molecule has 0 aromatic heterocycles. The first-order chi connectivity index (χ1) is 9.52. The van der Waals surface area contributed by atoms with Crippen molar-refractivity contribution in [2.45, 2.75) is 19.3 Å². The molecule has 6 heteroatoms. The van der Waals surface area contributed by atoms with E-state index in [4.69, 9.17) is 22.4 Å². The Morgan fingerprint density at radius 2 is 2.15 bits per heavy atom. The summed E-state index contributed by atoms with van der Waals surface area (Å²) in [4.78, 5) is 23.0. The van der Waals surface area contributed by atoms with Gasteiger partial charge in [0.15, 0.2) is 0 Å². The van der Waals surface area contributed by atoms with Crippen LogP contribution in [0.5, 0.6) is 0 Å². The lowest BCUT2D eigenvalue weighted by molar-refractivity contribution is -0.120. The zero-order chi connectivity index (χ0) is 14.7. The fraction of sp³-hybridized carbons (Fsp3) is 0.429. The van der Waals surface area contributed by atoms with E-state index < -0.39 is 5.97 Å². The number of anilines is 1. The van der Waals surface area contributed by atoms with Crippen molar-refractivity contribution in [3.05, 3.63) is 28.8 Å². The van der Waals surface area contributed by atoms with Gasteiger partial charge < -0.3 is 16.2 Å². The number of carbonyl (C=O) groups is 2. The Morgan fingerprint density at radius 3 is 2.75 bits per heavy atom. The molecule has 1 saturated carbocycles. The molecule has 2 atom stereocenters. The van der Waals surface area contributed by atoms with Crippen LogP contribution in [-0.4, -0.2) is 23.5 Å². The number of carbonyl (C=O) groups excluding carboxylic acids is 1. The summed E-state index contributed by atoms with van der Waals surface area (Å²) in [5, 5.41) is 11.8. The van der Waals surface area contributed by atoms with E-state index in [2.05, 4.69) is 5.32 Å². The van der Waals surface area contributed by atoms with Crippen LogP contribution < -0.4 is 11.1 Å². The minimum atomic E-state index is -1.05. The summed E-state index contributed by atoms with van der Waals surface area (Å²) >= 11 is 5.99. The highest BCUT2D eigenvalue weighted by atomic mass is 35.5. The molecular weight excluding hydrogens is 280 g/mol. The zero-order valence-electron chi connectivity index (χ0n) is 10.9. The maximum Gasteiger partial charge on any atom is 0.335 e. The molecule has 2 rings (SSSR count). The average molecular weight is 297 g/mol. The van der Waals surface area contributed by atoms with Crippen molar-refractivity contribution in [3.8, 4) is 0 Å². The molecule has 1 aromatic carbocycles. The topological polar surface area (TPSA) is 92.4 Å². The molecule has 0 heterocycles. The van der Waals surface area contributed by atoms with Crippen molar-refractivity contribution in [2.24, 2.45) is 17.6 Å². The first-order valence-corrected chi connectivity index (χ1v) is 6.94. The lowest BCUT2D eigenvalue weighted by Crippen LogP contribution is -2.29. The summed E-state index contributed by atoms with van der Waals surface area (Å²) in [6.07, 6.45) is 2.81. The third kappa shape index (κ3) is 3.11. The fourth-order valence-electron chi connectivity index (χ4n) is 2.64. The number of hydrogen-bond acceptors (Lipinski definition) is 3. The molecular formula is C14H17ClN2O3. The second-order valence-corrected chi connectivity index (χ2v) is 5.43. The summed E-state index contributed by atoms with van der Waals surface area (Å²) in [6, 6.07) is 4.25. The number of halogens is 1. The van der Waals surface area contributed by atoms with Crippen LogP contribution >= 0.6 is 11.6 Å². The average Bonchev–Trinajstić information content (AvgIpc) is 2.89. The maximum absolute atomic E-state index is 12.2. The number of aromatic carboxylic acids is 1. The number of amides is 1. The van der Waals surface area contributed by atoms with Crippen LogP contribution in [0.3, 0.4) is 0 Å². The Balaban J connectivity index is 2.10. The second kappa shape index (κ2) is 6.24. The summed E-state index contributed by atoms with van der Waals surface area (Å²) in [7, 11) is 0. The van der Waals surface area contributed by atoms with Gasteiger partial charge in [-0.05, 0) is 43.5 Å². The number of carboxylic acids is 1. The maximum atomic E-state index is 12.2. The van der Waals surface area contributed by atoms with Crippen LogP contribution in [0.1, 0.15) is 29.6 Å². The van der Waals surface area contributed by atoms with E-state index in [0.717, 1.165) is 19.3 Å². The molecule has 1 aliphatic carbocycles. The van der Waals surface area contributed by atoms with Gasteiger partial charge in [-0.2, -0.15) is 0 Å². The standard InChI is InChI=1S/C14H17ClN2O3/c15-11-6-8(14(19)20)4-5-12(11)17-13(18)10-3-1-2-9(10)7-16/h4-6,9-10H,1-3,7,16H2,(H,17,18)(H,19,20). The minimum absolute atomic E-state index is 0.0878. The molecule has 1 aromatic rings. The van der Waals surface area contributed by atoms with Gasteiger partial charge in [0.05, 0.1) is 16.3 Å². The van der Waals surface area contributed by atoms with Crippen molar-refractivity contribution in [1.29, 1.82) is 0 Å². The van der Waals surface area contributed by atoms with Gasteiger partial charge in [-0.15, -0.1) is 0 Å². The minimum Gasteiger partial charge on any atom is -0.478 e. The van der Waals surface area contributed by atoms with Gasteiger partial charge in [0.1, 0.15) is 0 Å². The second-order valence-electron chi connectivity index (χ2n) is 5.02. The van der Waals surface area contributed by atoms with E-state index in [9.17, 15) is 9.59 Å². The fourth-order valence-corrected chi connectivity index (χ4v) is 2.87. The van der Waals surface area contributed by atoms with Crippen molar-refractivity contribution >= 4 is 29.2 Å². The van der Waals surface area contributed by atoms with E-state index in [0.29, 0.717) is 12.2 Å². The van der Waals surface area contributed by atoms with Crippen LogP contribution in [0, 0.1) is 11.8 Å². The third-order valence-electron chi connectivity index (χ3n) is 3.77. The molecule has 0 aliphatic heterocycles. The third-order valence-corrected chi connectivity index (χ3v) is 4.09. The molecule has 4 N–H and O–H groups in total. The molecule has 0 spiro atoms. The quantitative estimate of drug-likeness (QED) is 0.795. The Kier molecular flexibility index (Phi) is 4.62. The molecule has 20 heavy (non-hydrogen) atoms. The normalized spacial score (nSPS) is 21.7. The lowest BCUT2D eigenvalue weighted by Gasteiger charge is -2.18. The van der Waals surface area contributed by atoms with E-state index in [-0.39, 0.29) is 28.3 Å². The van der Waals surface area contributed by atoms with Crippen LogP contribution in [0.15, 0.2) is 18.2 Å². The predicted octanol–water partition coefficient (Wildman–Crippen LogP) is 2.35. The largest absolute Gasteiger partial charge is 0.478 e. The number of hydrogen-bond donors (Lipinski definition) is 3. The number of benzene rings is 1. The first-order valence-electron chi connectivity index (χ1n) is 6.56. The first kappa shape index (κ1) is 14.8. The van der Waals surface area contributed by atoms with Gasteiger partial charge in [0.2, 0.25) is 5.91 Å². The molecule has 0 saturated heterocycles. The molecule has 108 valence electrons. The highest BCUT2D eigenvalue weighted by molar-refractivity contribution is 6.34. The predicted molar refractivity (Wildman–Crippen MR) is 76.9 cm³/mol. The van der Waals surface area contributed by atoms with Gasteiger partial charge in [-0.3, -0.25) is 4.79 Å². The SMILES string of the molecule is NCC1CCCC1C(=O)Nc1ccc(C(=O)O)cc1Cl. The van der Waals surface area contributed by atoms with Gasteiger partial charge >= 0.3 is 5.97 Å². The van der Waals surface area contributed by atoms with Crippen LogP contribution in [0.2, 0.25) is 5.02 Å². The molecule has 0 bridgehead atoms. The molecule has 1 amide bonds. The number of rotatable bonds is 4. The van der Waals surface area contributed by atoms with Gasteiger partial charge in [-0.1, -0.05) is 18.0 Å². The Bertz CT molecular complexity index is 533. The van der Waals surface area contributed by atoms with E-state index >= 15 is 0 Å². The van der Waals surface area contributed by atoms with E-state index in [1.165, 1.54) is 18.2 Å². The Hall–Kier alpha value is -1.59. The summed E-state index contributed by atoms with van der Waals surface area (Å²) in [5.41, 5.74) is 6.19. The molecule has 1 fully saturated rings. The summed E-state index contributed by atoms with van der Waals surface area (Å²) in [6.45, 7) is 0.504. The van der Waals surface area contributed by atoms with Crippen molar-refractivity contribution in [3.63, 3.8) is 0 Å². The highest BCUT2D eigenvalue weighted by Gasteiger charge is 2.32. The van der Waals surface area contributed by atoms with Crippen molar-refractivity contribution in [2.75, 3.05) is 11.9 Å². The summed E-state index contributed by atoms with van der Waals surface area (Å²) in [5.74, 6) is -1.02. The smallest absolute Gasteiger partial charge is 0.335 e. The Morgan fingerprint density at radius 1 is 1.40 bits per heavy atom. The zero-order valence-corrected chi connectivity index (χ0v) is 11.7. The molecule has 0 radical (unpaired) electrons.